The molecule has 78 valence electrons. The average molecular weight is 203 g/mol. The van der Waals surface area contributed by atoms with Gasteiger partial charge in [0.1, 0.15) is 5.69 Å². The van der Waals surface area contributed by atoms with Gasteiger partial charge >= 0.3 is 0 Å². The van der Waals surface area contributed by atoms with E-state index in [1.54, 1.807) is 6.20 Å². The maximum absolute atomic E-state index is 5.68. The zero-order valence-corrected chi connectivity index (χ0v) is 8.77. The summed E-state index contributed by atoms with van der Waals surface area (Å²) in [7, 11) is 0. The highest BCUT2D eigenvalue weighted by molar-refractivity contribution is 5.57. The molecule has 2 aromatic rings. The molecule has 2 aromatic heterocycles. The third kappa shape index (κ3) is 2.05. The fraction of sp³-hybridized carbons (Fsp3) is 0.273. The number of aryl methyl sites for hydroxylation is 1. The van der Waals surface area contributed by atoms with Crippen molar-refractivity contribution in [3.8, 4) is 11.3 Å². The highest BCUT2D eigenvalue weighted by Crippen LogP contribution is 2.20. The van der Waals surface area contributed by atoms with Crippen LogP contribution < -0.4 is 5.73 Å². The molecular weight excluding hydrogens is 190 g/mol. The van der Waals surface area contributed by atoms with E-state index < -0.39 is 0 Å². The summed E-state index contributed by atoms with van der Waals surface area (Å²) in [5, 5.41) is 3.94. The Labute approximate surface area is 88.1 Å². The molecule has 0 spiro atoms. The Morgan fingerprint density at radius 3 is 2.73 bits per heavy atom. The van der Waals surface area contributed by atoms with Gasteiger partial charge in [-0.25, -0.2) is 0 Å². The predicted molar refractivity (Wildman–Crippen MR) is 57.1 cm³/mol. The van der Waals surface area contributed by atoms with E-state index >= 15 is 0 Å². The van der Waals surface area contributed by atoms with Crippen molar-refractivity contribution >= 4 is 0 Å². The summed E-state index contributed by atoms with van der Waals surface area (Å²) in [4.78, 5) is 4.20. The number of hydrogen-bond donors (Lipinski definition) is 1. The molecule has 4 nitrogen and oxygen atoms in total. The van der Waals surface area contributed by atoms with Crippen LogP contribution in [0.5, 0.6) is 0 Å². The lowest BCUT2D eigenvalue weighted by Crippen LogP contribution is -2.02. The van der Waals surface area contributed by atoms with Gasteiger partial charge in [-0.1, -0.05) is 5.16 Å². The first-order valence-corrected chi connectivity index (χ1v) is 4.82. The Balaban J connectivity index is 2.33. The van der Waals surface area contributed by atoms with Crippen molar-refractivity contribution in [1.82, 2.24) is 10.1 Å². The van der Waals surface area contributed by atoms with Crippen molar-refractivity contribution in [1.29, 1.82) is 0 Å². The minimum atomic E-state index is -0.135. The fourth-order valence-electron chi connectivity index (χ4n) is 1.26. The van der Waals surface area contributed by atoms with E-state index in [9.17, 15) is 0 Å². The van der Waals surface area contributed by atoms with Crippen molar-refractivity contribution in [3.05, 3.63) is 35.9 Å². The lowest BCUT2D eigenvalue weighted by atomic mass is 10.1. The topological polar surface area (TPSA) is 64.9 Å². The van der Waals surface area contributed by atoms with Crippen molar-refractivity contribution in [3.63, 3.8) is 0 Å². The van der Waals surface area contributed by atoms with Crippen LogP contribution in [0, 0.1) is 6.92 Å². The highest BCUT2D eigenvalue weighted by Gasteiger charge is 2.09. The fourth-order valence-corrected chi connectivity index (χ4v) is 1.26. The van der Waals surface area contributed by atoms with Gasteiger partial charge in [-0.15, -0.1) is 0 Å². The first kappa shape index (κ1) is 9.86. The van der Waals surface area contributed by atoms with Gasteiger partial charge in [0.25, 0.3) is 0 Å². The van der Waals surface area contributed by atoms with Crippen molar-refractivity contribution < 1.29 is 4.52 Å². The largest absolute Gasteiger partial charge is 0.359 e. The van der Waals surface area contributed by atoms with Crippen molar-refractivity contribution in [2.24, 2.45) is 5.73 Å². The van der Waals surface area contributed by atoms with Crippen LogP contribution in [0.25, 0.3) is 11.3 Å². The Kier molecular flexibility index (Phi) is 2.51. The number of pyridine rings is 1. The van der Waals surface area contributed by atoms with Crippen molar-refractivity contribution in [2.45, 2.75) is 19.9 Å². The minimum Gasteiger partial charge on any atom is -0.359 e. The SMILES string of the molecule is Cc1ccc(-c2cc(C(C)N)on2)cn1. The van der Waals surface area contributed by atoms with E-state index in [2.05, 4.69) is 10.1 Å². The molecule has 0 saturated heterocycles. The summed E-state index contributed by atoms with van der Waals surface area (Å²) in [6, 6.07) is 5.61. The summed E-state index contributed by atoms with van der Waals surface area (Å²) in [5.41, 5.74) is 8.37. The smallest absolute Gasteiger partial charge is 0.153 e. The Bertz CT molecular complexity index is 445. The number of nitrogens with zero attached hydrogens (tertiary/aromatic N) is 2. The lowest BCUT2D eigenvalue weighted by molar-refractivity contribution is 0.369. The van der Waals surface area contributed by atoms with Gasteiger partial charge in [-0.3, -0.25) is 4.98 Å². The molecule has 0 aliphatic carbocycles. The molecule has 0 fully saturated rings. The first-order chi connectivity index (χ1) is 7.16. The van der Waals surface area contributed by atoms with E-state index in [0.29, 0.717) is 5.76 Å². The van der Waals surface area contributed by atoms with Gasteiger partial charge < -0.3 is 10.3 Å². The molecule has 1 unspecified atom stereocenters. The molecule has 4 heteroatoms. The standard InChI is InChI=1S/C11H13N3O/c1-7-3-4-9(6-13-7)10-5-11(8(2)12)15-14-10/h3-6,8H,12H2,1-2H3. The van der Waals surface area contributed by atoms with Crippen molar-refractivity contribution in [2.75, 3.05) is 0 Å². The van der Waals surface area contributed by atoms with Crippen LogP contribution in [-0.2, 0) is 0 Å². The summed E-state index contributed by atoms with van der Waals surface area (Å²) in [5.74, 6) is 0.686. The Morgan fingerprint density at radius 1 is 1.40 bits per heavy atom. The number of aromatic nitrogens is 2. The maximum Gasteiger partial charge on any atom is 0.153 e. The summed E-state index contributed by atoms with van der Waals surface area (Å²) >= 11 is 0. The van der Waals surface area contributed by atoms with Crippen LogP contribution in [-0.4, -0.2) is 10.1 Å². The lowest BCUT2D eigenvalue weighted by Gasteiger charge is -1.95. The average Bonchev–Trinajstić information content (AvgIpc) is 2.68. The second-order valence-electron chi connectivity index (χ2n) is 3.59. The predicted octanol–water partition coefficient (Wildman–Crippen LogP) is 2.06. The summed E-state index contributed by atoms with van der Waals surface area (Å²) < 4.78 is 5.11. The second kappa shape index (κ2) is 3.82. The van der Waals surface area contributed by atoms with Gasteiger partial charge in [-0.05, 0) is 26.0 Å². The third-order valence-corrected chi connectivity index (χ3v) is 2.18. The van der Waals surface area contributed by atoms with E-state index in [0.717, 1.165) is 17.0 Å². The zero-order valence-electron chi connectivity index (χ0n) is 8.77. The monoisotopic (exact) mass is 203 g/mol. The molecule has 2 heterocycles. The zero-order chi connectivity index (χ0) is 10.8. The first-order valence-electron chi connectivity index (χ1n) is 4.82. The molecule has 2 N–H and O–H groups in total. The molecule has 2 rings (SSSR count). The molecule has 1 atom stereocenters. The highest BCUT2D eigenvalue weighted by atomic mass is 16.5. The molecule has 15 heavy (non-hydrogen) atoms. The van der Waals surface area contributed by atoms with Gasteiger partial charge in [-0.2, -0.15) is 0 Å². The van der Waals surface area contributed by atoms with Gasteiger partial charge in [0.2, 0.25) is 0 Å². The molecule has 0 aromatic carbocycles. The molecule has 0 radical (unpaired) electrons. The van der Waals surface area contributed by atoms with E-state index in [-0.39, 0.29) is 6.04 Å². The maximum atomic E-state index is 5.68. The summed E-state index contributed by atoms with van der Waals surface area (Å²) in [6.45, 7) is 3.80. The molecule has 0 aliphatic heterocycles. The quantitative estimate of drug-likeness (QED) is 0.811. The molecule has 0 amide bonds. The number of nitrogens with two attached hydrogens (primary N) is 1. The van der Waals surface area contributed by atoms with E-state index in [1.807, 2.05) is 32.0 Å². The Hall–Kier alpha value is -1.68. The number of rotatable bonds is 2. The molecule has 0 bridgehead atoms. The van der Waals surface area contributed by atoms with E-state index in [1.165, 1.54) is 0 Å². The normalized spacial score (nSPS) is 12.7. The molecular formula is C11H13N3O. The van der Waals surface area contributed by atoms with Crippen LogP contribution >= 0.6 is 0 Å². The van der Waals surface area contributed by atoms with Gasteiger partial charge in [0.15, 0.2) is 5.76 Å². The third-order valence-electron chi connectivity index (χ3n) is 2.18. The van der Waals surface area contributed by atoms with E-state index in [4.69, 9.17) is 10.3 Å². The second-order valence-corrected chi connectivity index (χ2v) is 3.59. The van der Waals surface area contributed by atoms with Crippen LogP contribution in [0.1, 0.15) is 24.4 Å². The van der Waals surface area contributed by atoms with Crippen LogP contribution in [0.3, 0.4) is 0 Å². The Morgan fingerprint density at radius 2 is 2.20 bits per heavy atom. The molecule has 0 aliphatic rings. The van der Waals surface area contributed by atoms with Gasteiger partial charge in [0.05, 0.1) is 6.04 Å². The van der Waals surface area contributed by atoms with Crippen LogP contribution in [0.2, 0.25) is 0 Å². The molecule has 0 saturated carbocycles. The van der Waals surface area contributed by atoms with Gasteiger partial charge in [0, 0.05) is 23.5 Å². The van der Waals surface area contributed by atoms with Crippen LogP contribution in [0.15, 0.2) is 28.9 Å². The number of hydrogen-bond acceptors (Lipinski definition) is 4. The summed E-state index contributed by atoms with van der Waals surface area (Å²) in [6.07, 6.45) is 1.78. The minimum absolute atomic E-state index is 0.135. The van der Waals surface area contributed by atoms with Crippen LogP contribution in [0.4, 0.5) is 0 Å².